The van der Waals surface area contributed by atoms with Crippen molar-refractivity contribution < 1.29 is 24.2 Å². The molecule has 6 nitrogen and oxygen atoms in total. The molecule has 1 N–H and O–H groups in total. The van der Waals surface area contributed by atoms with Crippen LogP contribution in [0.5, 0.6) is 11.5 Å². The molecule has 0 aromatic heterocycles. The van der Waals surface area contributed by atoms with Gasteiger partial charge >= 0.3 is 5.97 Å². The van der Waals surface area contributed by atoms with E-state index in [1.807, 2.05) is 24.3 Å². The number of carbonyl (C=O) groups excluding carboxylic acids is 1. The largest absolute Gasteiger partial charge is 0.486 e. The minimum Gasteiger partial charge on any atom is -0.486 e. The lowest BCUT2D eigenvalue weighted by Gasteiger charge is -2.29. The summed E-state index contributed by atoms with van der Waals surface area (Å²) in [6, 6.07) is 12.0. The van der Waals surface area contributed by atoms with E-state index in [1.165, 1.54) is 17.0 Å². The molecule has 6 heteroatoms. The lowest BCUT2D eigenvalue weighted by atomic mass is 10.1. The number of carboxylic acid groups (broad SMARTS) is 1. The number of carboxylic acids is 1. The van der Waals surface area contributed by atoms with Gasteiger partial charge in [0.25, 0.3) is 5.91 Å². The third-order valence-electron chi connectivity index (χ3n) is 3.96. The van der Waals surface area contributed by atoms with E-state index < -0.39 is 5.97 Å². The molecular formula is C19H19NO5. The summed E-state index contributed by atoms with van der Waals surface area (Å²) in [6.07, 6.45) is -0.285. The first-order valence-electron chi connectivity index (χ1n) is 7.93. The first-order valence-corrected chi connectivity index (χ1v) is 7.93. The maximum absolute atomic E-state index is 12.6. The monoisotopic (exact) mass is 341 g/mol. The van der Waals surface area contributed by atoms with Crippen LogP contribution in [0.3, 0.4) is 0 Å². The molecule has 1 aliphatic rings. The van der Waals surface area contributed by atoms with Gasteiger partial charge in [-0.1, -0.05) is 12.1 Å². The first kappa shape index (κ1) is 16.8. The van der Waals surface area contributed by atoms with Gasteiger partial charge in [-0.2, -0.15) is 0 Å². The van der Waals surface area contributed by atoms with Crippen molar-refractivity contribution in [3.63, 3.8) is 0 Å². The Bertz CT molecular complexity index is 817. The minimum atomic E-state index is -1.05. The summed E-state index contributed by atoms with van der Waals surface area (Å²) in [6.45, 7) is 2.45. The molecule has 0 saturated heterocycles. The summed E-state index contributed by atoms with van der Waals surface area (Å²) >= 11 is 0. The first-order chi connectivity index (χ1) is 11.9. The minimum absolute atomic E-state index is 0.0999. The van der Waals surface area contributed by atoms with Crippen LogP contribution in [-0.4, -0.2) is 48.2 Å². The lowest BCUT2D eigenvalue weighted by Crippen LogP contribution is -2.41. The Kier molecular flexibility index (Phi) is 4.61. The van der Waals surface area contributed by atoms with Crippen LogP contribution in [0, 0.1) is 6.92 Å². The molecule has 3 rings (SSSR count). The highest BCUT2D eigenvalue weighted by Crippen LogP contribution is 2.31. The summed E-state index contributed by atoms with van der Waals surface area (Å²) < 4.78 is 11.5. The van der Waals surface area contributed by atoms with E-state index in [2.05, 4.69) is 0 Å². The number of aromatic carboxylic acids is 1. The van der Waals surface area contributed by atoms with E-state index in [-0.39, 0.29) is 17.6 Å². The molecule has 0 aliphatic carbocycles. The topological polar surface area (TPSA) is 76.1 Å². The van der Waals surface area contributed by atoms with Gasteiger partial charge in [0.15, 0.2) is 17.6 Å². The van der Waals surface area contributed by atoms with Crippen LogP contribution in [0.15, 0.2) is 42.5 Å². The molecule has 25 heavy (non-hydrogen) atoms. The molecule has 0 bridgehead atoms. The number of fused-ring (bicyclic) bond motifs is 1. The molecule has 1 unspecified atom stereocenters. The Balaban J connectivity index is 1.70. The molecule has 0 saturated carbocycles. The summed E-state index contributed by atoms with van der Waals surface area (Å²) in [5.74, 6) is 0.0375. The predicted molar refractivity (Wildman–Crippen MR) is 91.5 cm³/mol. The highest BCUT2D eigenvalue weighted by Gasteiger charge is 2.24. The average molecular weight is 341 g/mol. The van der Waals surface area contributed by atoms with E-state index in [1.54, 1.807) is 20.0 Å². The Morgan fingerprint density at radius 1 is 1.16 bits per heavy atom. The summed E-state index contributed by atoms with van der Waals surface area (Å²) in [7, 11) is 1.66. The number of hydrogen-bond donors (Lipinski definition) is 1. The van der Waals surface area contributed by atoms with E-state index in [9.17, 15) is 9.59 Å². The number of hydrogen-bond acceptors (Lipinski definition) is 4. The quantitative estimate of drug-likeness (QED) is 0.925. The number of para-hydroxylation sites is 2. The van der Waals surface area contributed by atoms with Crippen LogP contribution in [0.4, 0.5) is 0 Å². The van der Waals surface area contributed by atoms with Gasteiger partial charge < -0.3 is 19.5 Å². The molecular weight excluding hydrogens is 322 g/mol. The Morgan fingerprint density at radius 2 is 1.84 bits per heavy atom. The van der Waals surface area contributed by atoms with Crippen molar-refractivity contribution in [1.29, 1.82) is 0 Å². The van der Waals surface area contributed by atoms with Gasteiger partial charge in [-0.15, -0.1) is 0 Å². The molecule has 1 atom stereocenters. The average Bonchev–Trinajstić information content (AvgIpc) is 2.60. The van der Waals surface area contributed by atoms with Crippen LogP contribution in [0.1, 0.15) is 26.3 Å². The number of carbonyl (C=O) groups is 2. The van der Waals surface area contributed by atoms with Crippen molar-refractivity contribution in [3.8, 4) is 11.5 Å². The van der Waals surface area contributed by atoms with Gasteiger partial charge in [0.1, 0.15) is 6.61 Å². The van der Waals surface area contributed by atoms with E-state index in [4.69, 9.17) is 14.6 Å². The molecule has 0 fully saturated rings. The number of rotatable bonds is 4. The van der Waals surface area contributed by atoms with Crippen LogP contribution < -0.4 is 9.47 Å². The zero-order valence-electron chi connectivity index (χ0n) is 14.1. The Morgan fingerprint density at radius 3 is 2.56 bits per heavy atom. The van der Waals surface area contributed by atoms with Crippen molar-refractivity contribution in [2.75, 3.05) is 20.2 Å². The maximum Gasteiger partial charge on any atom is 0.335 e. The zero-order valence-corrected chi connectivity index (χ0v) is 14.1. The highest BCUT2D eigenvalue weighted by molar-refractivity contribution is 5.97. The van der Waals surface area contributed by atoms with Crippen molar-refractivity contribution >= 4 is 11.9 Å². The number of benzene rings is 2. The second-order valence-electron chi connectivity index (χ2n) is 6.08. The number of aryl methyl sites for hydroxylation is 1. The second kappa shape index (κ2) is 6.84. The van der Waals surface area contributed by atoms with Crippen molar-refractivity contribution in [2.24, 2.45) is 0 Å². The number of nitrogens with zero attached hydrogens (tertiary/aromatic N) is 1. The Labute approximate surface area is 145 Å². The third-order valence-corrected chi connectivity index (χ3v) is 3.96. The molecule has 130 valence electrons. The molecule has 2 aromatic carbocycles. The predicted octanol–water partition coefficient (Wildman–Crippen LogP) is 2.61. The van der Waals surface area contributed by atoms with Crippen LogP contribution in [0.25, 0.3) is 0 Å². The SMILES string of the molecule is Cc1cc(C(=O)O)cc(C(=O)N(C)CC2COc3ccccc3O2)c1. The van der Waals surface area contributed by atoms with Gasteiger partial charge in [0, 0.05) is 12.6 Å². The van der Waals surface area contributed by atoms with Crippen LogP contribution in [0.2, 0.25) is 0 Å². The van der Waals surface area contributed by atoms with Gasteiger partial charge in [0.05, 0.1) is 12.1 Å². The molecule has 1 heterocycles. The molecule has 1 aliphatic heterocycles. The smallest absolute Gasteiger partial charge is 0.335 e. The van der Waals surface area contributed by atoms with Gasteiger partial charge in [-0.3, -0.25) is 4.79 Å². The van der Waals surface area contributed by atoms with E-state index in [0.29, 0.717) is 30.2 Å². The molecule has 0 spiro atoms. The summed E-state index contributed by atoms with van der Waals surface area (Å²) in [5, 5.41) is 9.15. The molecule has 0 radical (unpaired) electrons. The fraction of sp³-hybridized carbons (Fsp3) is 0.263. The van der Waals surface area contributed by atoms with E-state index >= 15 is 0 Å². The molecule has 1 amide bonds. The number of ether oxygens (including phenoxy) is 2. The lowest BCUT2D eigenvalue weighted by molar-refractivity contribution is 0.0521. The summed E-state index contributed by atoms with van der Waals surface area (Å²) in [4.78, 5) is 25.3. The fourth-order valence-electron chi connectivity index (χ4n) is 2.79. The van der Waals surface area contributed by atoms with Crippen molar-refractivity contribution in [3.05, 3.63) is 59.2 Å². The maximum atomic E-state index is 12.6. The standard InChI is InChI=1S/C19H19NO5/c1-12-7-13(9-14(8-12)19(22)23)18(21)20(2)10-15-11-24-16-5-3-4-6-17(16)25-15/h3-9,15H,10-11H2,1-2H3,(H,22,23). The van der Waals surface area contributed by atoms with Crippen molar-refractivity contribution in [2.45, 2.75) is 13.0 Å². The highest BCUT2D eigenvalue weighted by atomic mass is 16.6. The normalized spacial score (nSPS) is 15.5. The Hall–Kier alpha value is -3.02. The second-order valence-corrected chi connectivity index (χ2v) is 6.08. The van der Waals surface area contributed by atoms with E-state index in [0.717, 1.165) is 5.56 Å². The summed E-state index contributed by atoms with van der Waals surface area (Å²) in [5.41, 5.74) is 1.17. The zero-order chi connectivity index (χ0) is 18.0. The van der Waals surface area contributed by atoms with Crippen LogP contribution >= 0.6 is 0 Å². The van der Waals surface area contributed by atoms with Gasteiger partial charge in [-0.05, 0) is 42.8 Å². The fourth-order valence-corrected chi connectivity index (χ4v) is 2.79. The number of amides is 1. The van der Waals surface area contributed by atoms with Gasteiger partial charge in [0.2, 0.25) is 0 Å². The third kappa shape index (κ3) is 3.74. The van der Waals surface area contributed by atoms with Crippen LogP contribution in [-0.2, 0) is 0 Å². The molecule has 2 aromatic rings. The number of likely N-dealkylation sites (N-methyl/N-ethyl adjacent to an activating group) is 1. The van der Waals surface area contributed by atoms with Crippen molar-refractivity contribution in [1.82, 2.24) is 4.90 Å². The van der Waals surface area contributed by atoms with Gasteiger partial charge in [-0.25, -0.2) is 4.79 Å².